The maximum atomic E-state index is 13.8. The van der Waals surface area contributed by atoms with Gasteiger partial charge in [-0.15, -0.1) is 0 Å². The number of carbonyl (C=O) groups excluding carboxylic acids is 2. The van der Waals surface area contributed by atoms with Crippen LogP contribution in [0.4, 0.5) is 0 Å². The number of carbonyl (C=O) groups is 2. The maximum Gasteiger partial charge on any atom is 0.261 e. The lowest BCUT2D eigenvalue weighted by Gasteiger charge is -2.33. The van der Waals surface area contributed by atoms with Crippen LogP contribution in [0.5, 0.6) is 11.5 Å². The largest absolute Gasteiger partial charge is 0.497 e. The number of rotatable bonds is 11. The Morgan fingerprint density at radius 2 is 1.63 bits per heavy atom. The van der Waals surface area contributed by atoms with Crippen molar-refractivity contribution in [2.75, 3.05) is 13.7 Å². The second-order valence-corrected chi connectivity index (χ2v) is 10.9. The predicted molar refractivity (Wildman–Crippen MR) is 157 cm³/mol. The molecule has 0 aromatic heterocycles. The van der Waals surface area contributed by atoms with Gasteiger partial charge < -0.3 is 19.7 Å². The molecule has 1 saturated carbocycles. The van der Waals surface area contributed by atoms with Crippen molar-refractivity contribution in [3.8, 4) is 11.5 Å². The molecule has 4 rings (SSSR count). The molecule has 1 N–H and O–H groups in total. The lowest BCUT2D eigenvalue weighted by Crippen LogP contribution is -2.53. The Morgan fingerprint density at radius 1 is 0.921 bits per heavy atom. The Morgan fingerprint density at radius 3 is 2.34 bits per heavy atom. The number of hydrogen-bond donors (Lipinski definition) is 1. The van der Waals surface area contributed by atoms with E-state index in [1.807, 2.05) is 78.9 Å². The molecule has 3 aromatic carbocycles. The predicted octanol–water partition coefficient (Wildman–Crippen LogP) is 5.77. The Hall–Kier alpha value is -3.07. The van der Waals surface area contributed by atoms with Crippen LogP contribution in [0.1, 0.15) is 43.2 Å². The average Bonchev–Trinajstić information content (AvgIpc) is 2.95. The van der Waals surface area contributed by atoms with Crippen molar-refractivity contribution in [1.82, 2.24) is 10.2 Å². The van der Waals surface area contributed by atoms with Gasteiger partial charge in [-0.3, -0.25) is 9.59 Å². The summed E-state index contributed by atoms with van der Waals surface area (Å²) in [4.78, 5) is 29.2. The smallest absolute Gasteiger partial charge is 0.261 e. The van der Waals surface area contributed by atoms with Gasteiger partial charge in [0.15, 0.2) is 6.61 Å². The van der Waals surface area contributed by atoms with Crippen molar-refractivity contribution < 1.29 is 19.1 Å². The van der Waals surface area contributed by atoms with Crippen LogP contribution in [0.15, 0.2) is 78.9 Å². The van der Waals surface area contributed by atoms with E-state index in [4.69, 9.17) is 9.47 Å². The summed E-state index contributed by atoms with van der Waals surface area (Å²) >= 11 is 2.23. The Balaban J connectivity index is 1.61. The third-order valence-corrected chi connectivity index (χ3v) is 7.60. The average molecular weight is 627 g/mol. The van der Waals surface area contributed by atoms with Gasteiger partial charge in [-0.1, -0.05) is 61.7 Å². The molecule has 0 radical (unpaired) electrons. The molecule has 1 fully saturated rings. The van der Waals surface area contributed by atoms with Crippen LogP contribution in [0.25, 0.3) is 0 Å². The molecular weight excluding hydrogens is 591 g/mol. The summed E-state index contributed by atoms with van der Waals surface area (Å²) in [7, 11) is 1.62. The first-order valence-corrected chi connectivity index (χ1v) is 14.2. The fraction of sp³-hybridized carbons (Fsp3) is 0.355. The van der Waals surface area contributed by atoms with Crippen molar-refractivity contribution in [2.45, 2.75) is 57.2 Å². The van der Waals surface area contributed by atoms with Gasteiger partial charge in [-0.25, -0.2) is 0 Å². The van der Waals surface area contributed by atoms with E-state index in [0.29, 0.717) is 17.9 Å². The summed E-state index contributed by atoms with van der Waals surface area (Å²) in [5, 5.41) is 3.26. The van der Waals surface area contributed by atoms with Gasteiger partial charge in [0, 0.05) is 22.6 Å². The fourth-order valence-electron chi connectivity index (χ4n) is 4.82. The van der Waals surface area contributed by atoms with Crippen LogP contribution in [0.2, 0.25) is 0 Å². The van der Waals surface area contributed by atoms with Gasteiger partial charge in [0.25, 0.3) is 5.91 Å². The molecule has 38 heavy (non-hydrogen) atoms. The number of amides is 2. The van der Waals surface area contributed by atoms with E-state index in [2.05, 4.69) is 27.9 Å². The van der Waals surface area contributed by atoms with E-state index in [1.54, 1.807) is 12.0 Å². The highest BCUT2D eigenvalue weighted by molar-refractivity contribution is 14.1. The molecule has 0 saturated heterocycles. The van der Waals surface area contributed by atoms with Crippen LogP contribution in [0, 0.1) is 3.57 Å². The summed E-state index contributed by atoms with van der Waals surface area (Å²) in [6.45, 7) is 0.105. The zero-order valence-electron chi connectivity index (χ0n) is 21.8. The number of nitrogens with zero attached hydrogens (tertiary/aromatic N) is 1. The highest BCUT2D eigenvalue weighted by Gasteiger charge is 2.32. The molecule has 1 atom stereocenters. The van der Waals surface area contributed by atoms with E-state index >= 15 is 0 Å². The maximum absolute atomic E-state index is 13.8. The van der Waals surface area contributed by atoms with Crippen LogP contribution in [-0.2, 0) is 22.6 Å². The number of methoxy groups -OCH3 is 1. The summed E-state index contributed by atoms with van der Waals surface area (Å²) in [6, 6.07) is 24.5. The minimum Gasteiger partial charge on any atom is -0.497 e. The summed E-state index contributed by atoms with van der Waals surface area (Å²) in [6.07, 6.45) is 5.80. The second-order valence-electron chi connectivity index (χ2n) is 9.66. The summed E-state index contributed by atoms with van der Waals surface area (Å²) in [5.74, 6) is 0.958. The van der Waals surface area contributed by atoms with Gasteiger partial charge in [0.1, 0.15) is 17.5 Å². The standard InChI is InChI=1S/C31H35IN2O4/c1-37-28-14-8-11-24(19-28)21-34(30(35)22-38-27-17-15-25(32)16-18-27)29(20-23-9-4-2-5-10-23)31(36)33-26-12-6-3-7-13-26/h2,4-5,8-11,14-19,26,29H,3,6-7,12-13,20-22H2,1H3,(H,33,36)/t29-/m1/s1. The minimum atomic E-state index is -0.682. The molecule has 2 amide bonds. The van der Waals surface area contributed by atoms with Gasteiger partial charge in [0.05, 0.1) is 7.11 Å². The van der Waals surface area contributed by atoms with Crippen molar-refractivity contribution in [3.05, 3.63) is 93.6 Å². The van der Waals surface area contributed by atoms with E-state index in [0.717, 1.165) is 40.4 Å². The van der Waals surface area contributed by atoms with Crippen LogP contribution in [-0.4, -0.2) is 42.5 Å². The summed E-state index contributed by atoms with van der Waals surface area (Å²) < 4.78 is 12.4. The van der Waals surface area contributed by atoms with E-state index in [-0.39, 0.29) is 31.0 Å². The monoisotopic (exact) mass is 626 g/mol. The second kappa shape index (κ2) is 14.2. The van der Waals surface area contributed by atoms with Crippen LogP contribution < -0.4 is 14.8 Å². The molecule has 0 unspecified atom stereocenters. The van der Waals surface area contributed by atoms with Gasteiger partial charge in [-0.05, 0) is 83.0 Å². The third-order valence-electron chi connectivity index (χ3n) is 6.89. The number of ether oxygens (including phenoxy) is 2. The molecular formula is C31H35IN2O4. The van der Waals surface area contributed by atoms with Crippen molar-refractivity contribution in [2.24, 2.45) is 0 Å². The van der Waals surface area contributed by atoms with Crippen LogP contribution in [0.3, 0.4) is 0 Å². The van der Waals surface area contributed by atoms with Gasteiger partial charge in [-0.2, -0.15) is 0 Å². The zero-order chi connectivity index (χ0) is 26.7. The molecule has 1 aliphatic rings. The molecule has 0 spiro atoms. The molecule has 0 bridgehead atoms. The molecule has 0 heterocycles. The van der Waals surface area contributed by atoms with Crippen molar-refractivity contribution in [1.29, 1.82) is 0 Å². The first kappa shape index (κ1) is 28.0. The number of benzene rings is 3. The molecule has 1 aliphatic carbocycles. The van der Waals surface area contributed by atoms with Crippen molar-refractivity contribution >= 4 is 34.4 Å². The Labute approximate surface area is 238 Å². The lowest BCUT2D eigenvalue weighted by molar-refractivity contribution is -0.143. The molecule has 200 valence electrons. The fourth-order valence-corrected chi connectivity index (χ4v) is 5.18. The van der Waals surface area contributed by atoms with E-state index < -0.39 is 6.04 Å². The normalized spacial score (nSPS) is 14.4. The van der Waals surface area contributed by atoms with E-state index in [9.17, 15) is 9.59 Å². The van der Waals surface area contributed by atoms with Gasteiger partial charge in [0.2, 0.25) is 5.91 Å². The lowest BCUT2D eigenvalue weighted by atomic mass is 9.94. The molecule has 3 aromatic rings. The Bertz CT molecular complexity index is 1180. The highest BCUT2D eigenvalue weighted by Crippen LogP contribution is 2.21. The van der Waals surface area contributed by atoms with E-state index in [1.165, 1.54) is 6.42 Å². The third kappa shape index (κ3) is 8.21. The first-order valence-electron chi connectivity index (χ1n) is 13.2. The van der Waals surface area contributed by atoms with Crippen LogP contribution >= 0.6 is 22.6 Å². The zero-order valence-corrected chi connectivity index (χ0v) is 23.9. The number of nitrogens with one attached hydrogen (secondary N) is 1. The highest BCUT2D eigenvalue weighted by atomic mass is 127. The van der Waals surface area contributed by atoms with Gasteiger partial charge >= 0.3 is 0 Å². The molecule has 0 aliphatic heterocycles. The number of halogens is 1. The Kier molecular flexibility index (Phi) is 10.4. The SMILES string of the molecule is COc1cccc(CN(C(=O)COc2ccc(I)cc2)[C@H](Cc2ccccc2)C(=O)NC2CCCCC2)c1. The molecule has 7 heteroatoms. The number of hydrogen-bond acceptors (Lipinski definition) is 4. The topological polar surface area (TPSA) is 67.9 Å². The quantitative estimate of drug-likeness (QED) is 0.275. The first-order chi connectivity index (χ1) is 18.5. The minimum absolute atomic E-state index is 0.119. The molecule has 6 nitrogen and oxygen atoms in total. The summed E-state index contributed by atoms with van der Waals surface area (Å²) in [5.41, 5.74) is 1.88. The van der Waals surface area contributed by atoms with Crippen molar-refractivity contribution in [3.63, 3.8) is 0 Å².